The number of aliphatic hydroxyl groups excluding tert-OH is 1. The molecule has 1 amide bonds. The molecular weight excluding hydrogens is 287 g/mol. The third-order valence-corrected chi connectivity index (χ3v) is 2.75. The van der Waals surface area contributed by atoms with E-state index in [1.165, 1.54) is 13.0 Å². The van der Waals surface area contributed by atoms with Crippen molar-refractivity contribution >= 4 is 5.91 Å². The molecule has 0 fully saturated rings. The van der Waals surface area contributed by atoms with Gasteiger partial charge in [-0.2, -0.15) is 13.2 Å². The second kappa shape index (κ2) is 7.31. The van der Waals surface area contributed by atoms with Crippen molar-refractivity contribution in [1.29, 1.82) is 0 Å². The minimum Gasteiger partial charge on any atom is -0.480 e. The highest BCUT2D eigenvalue weighted by molar-refractivity contribution is 5.80. The summed E-state index contributed by atoms with van der Waals surface area (Å²) in [5.74, 6) is -0.907. The summed E-state index contributed by atoms with van der Waals surface area (Å²) in [6.45, 7) is 3.17. The summed E-state index contributed by atoms with van der Waals surface area (Å²) in [5, 5.41) is 11.5. The minimum absolute atomic E-state index is 0.123. The highest BCUT2D eigenvalue weighted by Gasteiger charge is 2.35. The van der Waals surface area contributed by atoms with E-state index in [9.17, 15) is 18.0 Å². The molecule has 1 rings (SSSR count). The normalized spacial score (nSPS) is 12.9. The number of nitrogens with one attached hydrogen (secondary N) is 1. The molecule has 1 atom stereocenters. The number of alkyl halides is 3. The fraction of sp³-hybridized carbons (Fsp3) is 0.500. The molecule has 7 heteroatoms. The molecule has 0 saturated carbocycles. The second-order valence-electron chi connectivity index (χ2n) is 4.54. The number of benzene rings is 1. The van der Waals surface area contributed by atoms with Crippen LogP contribution >= 0.6 is 0 Å². The molecule has 4 nitrogen and oxygen atoms in total. The molecular formula is C14H18F3NO3. The van der Waals surface area contributed by atoms with Crippen LogP contribution in [-0.4, -0.2) is 23.7 Å². The molecule has 118 valence electrons. The summed E-state index contributed by atoms with van der Waals surface area (Å²) in [4.78, 5) is 11.6. The van der Waals surface area contributed by atoms with Gasteiger partial charge in [0.2, 0.25) is 0 Å². The lowest BCUT2D eigenvalue weighted by Crippen LogP contribution is -2.37. The number of carbonyl (C=O) groups is 1. The van der Waals surface area contributed by atoms with Crippen molar-refractivity contribution in [1.82, 2.24) is 5.32 Å². The van der Waals surface area contributed by atoms with Crippen LogP contribution in [0.4, 0.5) is 13.2 Å². The van der Waals surface area contributed by atoms with Gasteiger partial charge in [0.05, 0.1) is 12.2 Å². The molecule has 0 aliphatic rings. The number of carbonyl (C=O) groups excluding carboxylic acids is 1. The number of halogens is 3. The number of rotatable bonds is 6. The zero-order valence-electron chi connectivity index (χ0n) is 11.8. The third-order valence-electron chi connectivity index (χ3n) is 2.75. The molecule has 0 radical (unpaired) electrons. The van der Waals surface area contributed by atoms with Crippen LogP contribution < -0.4 is 10.1 Å². The molecule has 1 aromatic rings. The van der Waals surface area contributed by atoms with E-state index in [1.807, 2.05) is 6.92 Å². The van der Waals surface area contributed by atoms with Gasteiger partial charge in [-0.15, -0.1) is 0 Å². The van der Waals surface area contributed by atoms with Gasteiger partial charge in [-0.3, -0.25) is 4.79 Å². The Morgan fingerprint density at radius 1 is 1.43 bits per heavy atom. The topological polar surface area (TPSA) is 58.6 Å². The van der Waals surface area contributed by atoms with Crippen molar-refractivity contribution < 1.29 is 27.8 Å². The van der Waals surface area contributed by atoms with Crippen LogP contribution in [0.3, 0.4) is 0 Å². The Balaban J connectivity index is 2.94. The zero-order chi connectivity index (χ0) is 16.0. The summed E-state index contributed by atoms with van der Waals surface area (Å²) in [6.07, 6.45) is -4.95. The summed E-state index contributed by atoms with van der Waals surface area (Å²) >= 11 is 0. The molecule has 2 N–H and O–H groups in total. The van der Waals surface area contributed by atoms with E-state index in [0.29, 0.717) is 6.54 Å². The maximum absolute atomic E-state index is 13.0. The van der Waals surface area contributed by atoms with Crippen LogP contribution in [0.1, 0.15) is 31.4 Å². The fourth-order valence-corrected chi connectivity index (χ4v) is 1.64. The molecule has 21 heavy (non-hydrogen) atoms. The van der Waals surface area contributed by atoms with Crippen molar-refractivity contribution in [3.8, 4) is 5.75 Å². The molecule has 1 aromatic carbocycles. The quantitative estimate of drug-likeness (QED) is 0.849. The Kier molecular flexibility index (Phi) is 6.02. The van der Waals surface area contributed by atoms with Crippen LogP contribution in [0, 0.1) is 0 Å². The third kappa shape index (κ3) is 4.93. The van der Waals surface area contributed by atoms with Crippen LogP contribution in [0.25, 0.3) is 0 Å². The Labute approximate surface area is 120 Å². The average Bonchev–Trinajstić information content (AvgIpc) is 2.43. The lowest BCUT2D eigenvalue weighted by atomic mass is 10.1. The van der Waals surface area contributed by atoms with Crippen molar-refractivity contribution in [3.05, 3.63) is 29.3 Å². The molecule has 0 aliphatic heterocycles. The van der Waals surface area contributed by atoms with E-state index < -0.39 is 36.1 Å². The summed E-state index contributed by atoms with van der Waals surface area (Å²) in [7, 11) is 0. The second-order valence-corrected chi connectivity index (χ2v) is 4.54. The monoisotopic (exact) mass is 305 g/mol. The first-order valence-electron chi connectivity index (χ1n) is 6.55. The summed E-state index contributed by atoms with van der Waals surface area (Å²) in [5.41, 5.74) is -0.887. The predicted octanol–water partition coefficient (Wildman–Crippen LogP) is 2.49. The number of hydrogen-bond acceptors (Lipinski definition) is 3. The maximum Gasteiger partial charge on any atom is 0.419 e. The smallest absolute Gasteiger partial charge is 0.419 e. The van der Waals surface area contributed by atoms with Crippen molar-refractivity contribution in [2.45, 2.75) is 39.2 Å². The van der Waals surface area contributed by atoms with Gasteiger partial charge < -0.3 is 15.2 Å². The highest BCUT2D eigenvalue weighted by atomic mass is 19.4. The molecule has 0 aromatic heterocycles. The van der Waals surface area contributed by atoms with Gasteiger partial charge in [-0.05, 0) is 31.0 Å². The van der Waals surface area contributed by atoms with Gasteiger partial charge in [0.25, 0.3) is 5.91 Å². The van der Waals surface area contributed by atoms with Crippen molar-refractivity contribution in [2.24, 2.45) is 0 Å². The molecule has 0 aliphatic carbocycles. The number of amides is 1. The fourth-order valence-electron chi connectivity index (χ4n) is 1.64. The van der Waals surface area contributed by atoms with E-state index in [4.69, 9.17) is 9.84 Å². The number of hydrogen-bond donors (Lipinski definition) is 2. The van der Waals surface area contributed by atoms with Gasteiger partial charge in [-0.1, -0.05) is 13.0 Å². The Bertz CT molecular complexity index is 489. The standard InChI is InChI=1S/C14H18F3NO3/c1-3-6-18-13(20)9(2)21-12-5-4-10(8-19)7-11(12)14(15,16)17/h4-5,7,9,19H,3,6,8H2,1-2H3,(H,18,20). The number of ether oxygens (including phenoxy) is 1. The van der Waals surface area contributed by atoms with Gasteiger partial charge in [0, 0.05) is 6.54 Å². The van der Waals surface area contributed by atoms with Crippen LogP contribution in [-0.2, 0) is 17.6 Å². The lowest BCUT2D eigenvalue weighted by Gasteiger charge is -2.19. The summed E-state index contributed by atoms with van der Waals surface area (Å²) < 4.78 is 44.0. The van der Waals surface area contributed by atoms with Crippen molar-refractivity contribution in [2.75, 3.05) is 6.54 Å². The first-order valence-corrected chi connectivity index (χ1v) is 6.55. The van der Waals surface area contributed by atoms with Crippen LogP contribution in [0.15, 0.2) is 18.2 Å². The average molecular weight is 305 g/mol. The molecule has 1 unspecified atom stereocenters. The van der Waals surface area contributed by atoms with E-state index in [-0.39, 0.29) is 5.56 Å². The highest BCUT2D eigenvalue weighted by Crippen LogP contribution is 2.37. The first kappa shape index (κ1) is 17.3. The Morgan fingerprint density at radius 2 is 2.10 bits per heavy atom. The molecule has 0 saturated heterocycles. The van der Waals surface area contributed by atoms with E-state index >= 15 is 0 Å². The van der Waals surface area contributed by atoms with Crippen LogP contribution in [0.2, 0.25) is 0 Å². The Morgan fingerprint density at radius 3 is 2.62 bits per heavy atom. The SMILES string of the molecule is CCCNC(=O)C(C)Oc1ccc(CO)cc1C(F)(F)F. The van der Waals surface area contributed by atoms with E-state index in [0.717, 1.165) is 18.6 Å². The maximum atomic E-state index is 13.0. The van der Waals surface area contributed by atoms with Gasteiger partial charge in [-0.25, -0.2) is 0 Å². The number of aliphatic hydroxyl groups is 1. The zero-order valence-corrected chi connectivity index (χ0v) is 11.8. The summed E-state index contributed by atoms with van der Waals surface area (Å²) in [6, 6.07) is 3.24. The van der Waals surface area contributed by atoms with E-state index in [1.54, 1.807) is 0 Å². The first-order chi connectivity index (χ1) is 9.79. The van der Waals surface area contributed by atoms with Crippen molar-refractivity contribution in [3.63, 3.8) is 0 Å². The van der Waals surface area contributed by atoms with Gasteiger partial charge in [0.1, 0.15) is 5.75 Å². The lowest BCUT2D eigenvalue weighted by molar-refractivity contribution is -0.140. The van der Waals surface area contributed by atoms with Gasteiger partial charge in [0.15, 0.2) is 6.10 Å². The Hall–Kier alpha value is -1.76. The largest absolute Gasteiger partial charge is 0.480 e. The van der Waals surface area contributed by atoms with E-state index in [2.05, 4.69) is 5.32 Å². The molecule has 0 spiro atoms. The van der Waals surface area contributed by atoms with Crippen LogP contribution in [0.5, 0.6) is 5.75 Å². The molecule has 0 heterocycles. The minimum atomic E-state index is -4.62. The van der Waals surface area contributed by atoms with Gasteiger partial charge >= 0.3 is 6.18 Å². The predicted molar refractivity (Wildman–Crippen MR) is 70.8 cm³/mol. The molecule has 0 bridgehead atoms.